The van der Waals surface area contributed by atoms with Crippen molar-refractivity contribution in [2.45, 2.75) is 31.7 Å². The van der Waals surface area contributed by atoms with Crippen LogP contribution in [0.2, 0.25) is 0 Å². The van der Waals surface area contributed by atoms with E-state index in [1.807, 2.05) is 18.2 Å². The molecule has 1 aromatic carbocycles. The van der Waals surface area contributed by atoms with Gasteiger partial charge < -0.3 is 15.2 Å². The van der Waals surface area contributed by atoms with Gasteiger partial charge in [0, 0.05) is 17.8 Å². The third-order valence-electron chi connectivity index (χ3n) is 3.63. The number of anilines is 1. The molecule has 4 nitrogen and oxygen atoms in total. The van der Waals surface area contributed by atoms with Crippen molar-refractivity contribution in [1.29, 1.82) is 0 Å². The number of carbonyl (C=O) groups is 1. The average Bonchev–Trinajstić information content (AvgIpc) is 2.46. The van der Waals surface area contributed by atoms with Crippen molar-refractivity contribution < 1.29 is 19.0 Å². The van der Waals surface area contributed by atoms with Gasteiger partial charge in [0.05, 0.1) is 5.92 Å². The van der Waals surface area contributed by atoms with Gasteiger partial charge in [-0.2, -0.15) is 0 Å². The van der Waals surface area contributed by atoms with E-state index in [9.17, 15) is 9.18 Å². The van der Waals surface area contributed by atoms with Crippen LogP contribution in [0.5, 0.6) is 5.75 Å². The molecule has 1 aliphatic carbocycles. The first-order valence-corrected chi connectivity index (χ1v) is 6.97. The summed E-state index contributed by atoms with van der Waals surface area (Å²) >= 11 is 0. The van der Waals surface area contributed by atoms with E-state index < -0.39 is 12.6 Å². The van der Waals surface area contributed by atoms with Crippen LogP contribution in [0.15, 0.2) is 24.3 Å². The summed E-state index contributed by atoms with van der Waals surface area (Å²) in [7, 11) is 0. The zero-order valence-electron chi connectivity index (χ0n) is 11.3. The summed E-state index contributed by atoms with van der Waals surface area (Å²) in [6, 6.07) is 7.73. The Balaban J connectivity index is 1.86. The molecule has 1 saturated carbocycles. The number of aliphatic carboxylic acids is 1. The maximum Gasteiger partial charge on any atom is 0.306 e. The second-order valence-corrected chi connectivity index (χ2v) is 5.10. The van der Waals surface area contributed by atoms with Crippen molar-refractivity contribution >= 4 is 11.7 Å². The summed E-state index contributed by atoms with van der Waals surface area (Å²) in [6.07, 6.45) is 3.13. The van der Waals surface area contributed by atoms with Gasteiger partial charge in [0.15, 0.2) is 0 Å². The minimum Gasteiger partial charge on any atom is -0.491 e. The number of hydrogen-bond acceptors (Lipinski definition) is 3. The van der Waals surface area contributed by atoms with Crippen LogP contribution >= 0.6 is 0 Å². The van der Waals surface area contributed by atoms with Gasteiger partial charge in [0.2, 0.25) is 0 Å². The predicted octanol–water partition coefficient (Wildman–Crippen LogP) is 3.09. The zero-order valence-corrected chi connectivity index (χ0v) is 11.3. The van der Waals surface area contributed by atoms with E-state index in [4.69, 9.17) is 9.84 Å². The summed E-state index contributed by atoms with van der Waals surface area (Å²) in [5.41, 5.74) is 0.931. The number of alkyl halides is 1. The third kappa shape index (κ3) is 4.11. The summed E-state index contributed by atoms with van der Waals surface area (Å²) in [5.74, 6) is -0.246. The number of benzene rings is 1. The molecule has 0 atom stereocenters. The molecule has 0 spiro atoms. The summed E-state index contributed by atoms with van der Waals surface area (Å²) in [6.45, 7) is -0.440. The van der Waals surface area contributed by atoms with E-state index in [2.05, 4.69) is 5.32 Å². The van der Waals surface area contributed by atoms with Crippen molar-refractivity contribution in [3.63, 3.8) is 0 Å². The van der Waals surface area contributed by atoms with E-state index >= 15 is 0 Å². The number of nitrogens with one attached hydrogen (secondary N) is 1. The molecule has 2 N–H and O–H groups in total. The molecular formula is C15H20FNO3. The molecule has 0 radical (unpaired) electrons. The van der Waals surface area contributed by atoms with Crippen LogP contribution in [-0.2, 0) is 4.79 Å². The van der Waals surface area contributed by atoms with Gasteiger partial charge in [-0.05, 0) is 37.8 Å². The van der Waals surface area contributed by atoms with Gasteiger partial charge in [0.1, 0.15) is 19.0 Å². The van der Waals surface area contributed by atoms with Gasteiger partial charge in [0.25, 0.3) is 0 Å². The van der Waals surface area contributed by atoms with Crippen LogP contribution in [0.4, 0.5) is 10.1 Å². The molecule has 1 aromatic rings. The van der Waals surface area contributed by atoms with Crippen LogP contribution in [-0.4, -0.2) is 30.4 Å². The maximum atomic E-state index is 12.1. The summed E-state index contributed by atoms with van der Waals surface area (Å²) in [4.78, 5) is 10.9. The second-order valence-electron chi connectivity index (χ2n) is 5.10. The first kappa shape index (κ1) is 14.6. The lowest BCUT2D eigenvalue weighted by Gasteiger charge is -2.27. The van der Waals surface area contributed by atoms with Crippen molar-refractivity contribution in [3.05, 3.63) is 24.3 Å². The van der Waals surface area contributed by atoms with E-state index in [0.717, 1.165) is 18.5 Å². The van der Waals surface area contributed by atoms with E-state index in [1.165, 1.54) is 0 Å². The molecule has 0 bridgehead atoms. The highest BCUT2D eigenvalue weighted by Crippen LogP contribution is 2.27. The maximum absolute atomic E-state index is 12.1. The average molecular weight is 281 g/mol. The van der Waals surface area contributed by atoms with Crippen LogP contribution in [0, 0.1) is 5.92 Å². The first-order valence-electron chi connectivity index (χ1n) is 6.97. The Kier molecular flexibility index (Phi) is 5.21. The lowest BCUT2D eigenvalue weighted by Crippen LogP contribution is -2.29. The molecular weight excluding hydrogens is 261 g/mol. The fourth-order valence-electron chi connectivity index (χ4n) is 2.55. The predicted molar refractivity (Wildman–Crippen MR) is 74.9 cm³/mol. The van der Waals surface area contributed by atoms with Gasteiger partial charge in [-0.25, -0.2) is 4.39 Å². The fraction of sp³-hybridized carbons (Fsp3) is 0.533. The molecule has 0 unspecified atom stereocenters. The number of hydrogen-bond donors (Lipinski definition) is 2. The minimum absolute atomic E-state index is 0.0627. The number of ether oxygens (including phenoxy) is 1. The Morgan fingerprint density at radius 2 is 2.10 bits per heavy atom. The SMILES string of the molecule is O=C(O)C1CCC(Nc2cccc(OCCF)c2)CC1. The van der Waals surface area contributed by atoms with E-state index in [0.29, 0.717) is 24.6 Å². The Bertz CT molecular complexity index is 444. The second kappa shape index (κ2) is 7.12. The van der Waals surface area contributed by atoms with E-state index in [1.54, 1.807) is 6.07 Å². The highest BCUT2D eigenvalue weighted by atomic mass is 19.1. The van der Waals surface area contributed by atoms with Crippen molar-refractivity contribution in [2.75, 3.05) is 18.6 Å². The Morgan fingerprint density at radius 1 is 1.35 bits per heavy atom. The quantitative estimate of drug-likeness (QED) is 0.841. The molecule has 0 heterocycles. The third-order valence-corrected chi connectivity index (χ3v) is 3.63. The molecule has 0 amide bonds. The molecule has 0 aliphatic heterocycles. The monoisotopic (exact) mass is 281 g/mol. The normalized spacial score (nSPS) is 22.2. The van der Waals surface area contributed by atoms with Crippen LogP contribution in [0.1, 0.15) is 25.7 Å². The molecule has 0 aromatic heterocycles. The Morgan fingerprint density at radius 3 is 2.75 bits per heavy atom. The largest absolute Gasteiger partial charge is 0.491 e. The van der Waals surface area contributed by atoms with Crippen LogP contribution < -0.4 is 10.1 Å². The number of rotatable bonds is 6. The van der Waals surface area contributed by atoms with Gasteiger partial charge in [-0.3, -0.25) is 4.79 Å². The molecule has 20 heavy (non-hydrogen) atoms. The molecule has 0 saturated heterocycles. The lowest BCUT2D eigenvalue weighted by atomic mass is 9.86. The lowest BCUT2D eigenvalue weighted by molar-refractivity contribution is -0.142. The standard InChI is InChI=1S/C15H20FNO3/c16-8-9-20-14-3-1-2-13(10-14)17-12-6-4-11(5-7-12)15(18)19/h1-3,10-12,17H,4-9H2,(H,18,19). The fourth-order valence-corrected chi connectivity index (χ4v) is 2.55. The highest BCUT2D eigenvalue weighted by molar-refractivity contribution is 5.70. The van der Waals surface area contributed by atoms with Crippen molar-refractivity contribution in [3.8, 4) is 5.75 Å². The van der Waals surface area contributed by atoms with Crippen molar-refractivity contribution in [2.24, 2.45) is 5.92 Å². The number of halogens is 1. The van der Waals surface area contributed by atoms with Gasteiger partial charge in [-0.1, -0.05) is 6.07 Å². The molecule has 5 heteroatoms. The minimum atomic E-state index is -0.690. The Hall–Kier alpha value is -1.78. The highest BCUT2D eigenvalue weighted by Gasteiger charge is 2.25. The molecule has 1 fully saturated rings. The van der Waals surface area contributed by atoms with Crippen molar-refractivity contribution in [1.82, 2.24) is 0 Å². The summed E-state index contributed by atoms with van der Waals surface area (Å²) in [5, 5.41) is 12.4. The van der Waals surface area contributed by atoms with Gasteiger partial charge in [-0.15, -0.1) is 0 Å². The molecule has 2 rings (SSSR count). The number of carboxylic acid groups (broad SMARTS) is 1. The summed E-state index contributed by atoms with van der Waals surface area (Å²) < 4.78 is 17.3. The van der Waals surface area contributed by atoms with E-state index in [-0.39, 0.29) is 12.5 Å². The van der Waals surface area contributed by atoms with Crippen LogP contribution in [0.3, 0.4) is 0 Å². The molecule has 1 aliphatic rings. The smallest absolute Gasteiger partial charge is 0.306 e. The Labute approximate surface area is 117 Å². The zero-order chi connectivity index (χ0) is 14.4. The van der Waals surface area contributed by atoms with Gasteiger partial charge >= 0.3 is 5.97 Å². The topological polar surface area (TPSA) is 58.6 Å². The first-order chi connectivity index (χ1) is 9.69. The van der Waals surface area contributed by atoms with Crippen LogP contribution in [0.25, 0.3) is 0 Å². The molecule has 110 valence electrons. The number of carboxylic acids is 1.